The van der Waals surface area contributed by atoms with Crippen LogP contribution in [0, 0.1) is 0 Å². The molecule has 0 spiro atoms. The van der Waals surface area contributed by atoms with Crippen molar-refractivity contribution in [1.82, 2.24) is 8.61 Å². The second-order valence-corrected chi connectivity index (χ2v) is 8.19. The molecule has 6 nitrogen and oxygen atoms in total. The summed E-state index contributed by atoms with van der Waals surface area (Å²) in [7, 11) is -4.03. The Morgan fingerprint density at radius 1 is 0.864 bits per heavy atom. The van der Waals surface area contributed by atoms with Crippen molar-refractivity contribution in [2.24, 2.45) is 0 Å². The van der Waals surface area contributed by atoms with Crippen LogP contribution in [-0.2, 0) is 15.0 Å². The van der Waals surface area contributed by atoms with Gasteiger partial charge in [0.05, 0.1) is 0 Å². The Morgan fingerprint density at radius 3 is 1.82 bits per heavy atom. The van der Waals surface area contributed by atoms with Crippen LogP contribution in [0.2, 0.25) is 0 Å². The van der Waals surface area contributed by atoms with Gasteiger partial charge in [0.2, 0.25) is 0 Å². The van der Waals surface area contributed by atoms with Gasteiger partial charge in [-0.15, -0.1) is 0 Å². The van der Waals surface area contributed by atoms with Crippen LogP contribution in [0.25, 0.3) is 0 Å². The van der Waals surface area contributed by atoms with Gasteiger partial charge in [-0.2, -0.15) is 8.42 Å². The van der Waals surface area contributed by atoms with E-state index in [-0.39, 0.29) is 12.1 Å². The maximum Gasteiger partial charge on any atom is 0.328 e. The lowest BCUT2D eigenvalue weighted by atomic mass is 9.95. The molecular weight excluding hydrogens is 304 g/mol. The van der Waals surface area contributed by atoms with Crippen LogP contribution in [-0.4, -0.2) is 35.0 Å². The summed E-state index contributed by atoms with van der Waals surface area (Å²) >= 11 is 0. The molecule has 1 amide bonds. The highest BCUT2D eigenvalue weighted by atomic mass is 32.2. The molecule has 0 radical (unpaired) electrons. The monoisotopic (exact) mass is 327 g/mol. The minimum absolute atomic E-state index is 0.290. The number of amides is 1. The van der Waals surface area contributed by atoms with Gasteiger partial charge in [-0.25, -0.2) is 4.31 Å². The summed E-state index contributed by atoms with van der Waals surface area (Å²) in [6.45, 7) is 0. The molecule has 0 bridgehead atoms. The maximum absolute atomic E-state index is 12.9. The molecule has 0 saturated heterocycles. The van der Waals surface area contributed by atoms with E-state index in [4.69, 9.17) is 0 Å². The van der Waals surface area contributed by atoms with E-state index in [1.165, 1.54) is 0 Å². The van der Waals surface area contributed by atoms with E-state index in [1.54, 1.807) is 0 Å². The molecule has 0 aromatic carbocycles. The molecule has 1 heterocycles. The summed E-state index contributed by atoms with van der Waals surface area (Å²) in [6.07, 6.45) is 9.64. The topological polar surface area (TPSA) is 80.7 Å². The summed E-state index contributed by atoms with van der Waals surface area (Å²) in [6, 6.07) is -0.580. The van der Waals surface area contributed by atoms with E-state index >= 15 is 0 Å². The number of nitrogens with zero attached hydrogens (tertiary/aromatic N) is 2. The molecule has 124 valence electrons. The molecule has 3 rings (SSSR count). The van der Waals surface area contributed by atoms with Crippen LogP contribution in [0.3, 0.4) is 0 Å². The molecule has 2 saturated carbocycles. The fraction of sp³-hybridized carbons (Fsp3) is 0.800. The lowest BCUT2D eigenvalue weighted by molar-refractivity contribution is -0.328. The third-order valence-corrected chi connectivity index (χ3v) is 6.94. The first kappa shape index (κ1) is 15.6. The number of rotatable bonds is 2. The van der Waals surface area contributed by atoms with Crippen molar-refractivity contribution >= 4 is 16.1 Å². The van der Waals surface area contributed by atoms with Crippen molar-refractivity contribution in [2.75, 3.05) is 0 Å². The third-order valence-electron chi connectivity index (χ3n) is 4.99. The summed E-state index contributed by atoms with van der Waals surface area (Å²) in [4.78, 5) is 12.2. The van der Waals surface area contributed by atoms with E-state index in [1.807, 2.05) is 0 Å². The van der Waals surface area contributed by atoms with Gasteiger partial charge < -0.3 is 5.11 Å². The summed E-state index contributed by atoms with van der Waals surface area (Å²) < 4.78 is 27.8. The molecule has 2 aliphatic carbocycles. The Balaban J connectivity index is 1.93. The van der Waals surface area contributed by atoms with Crippen molar-refractivity contribution in [3.8, 4) is 0 Å². The van der Waals surface area contributed by atoms with Crippen LogP contribution in [0.15, 0.2) is 12.0 Å². The average Bonchev–Trinajstić information content (AvgIpc) is 2.48. The molecule has 3 aliphatic rings. The normalized spacial score (nSPS) is 27.8. The van der Waals surface area contributed by atoms with Gasteiger partial charge in [-0.3, -0.25) is 9.10 Å². The minimum atomic E-state index is -4.03. The van der Waals surface area contributed by atoms with Crippen LogP contribution < -0.4 is 5.11 Å². The highest BCUT2D eigenvalue weighted by molar-refractivity contribution is 7.87. The fourth-order valence-corrected chi connectivity index (χ4v) is 5.85. The molecular formula is C15H23N2O4S-. The van der Waals surface area contributed by atoms with Crippen LogP contribution >= 0.6 is 0 Å². The molecule has 0 aromatic heterocycles. The van der Waals surface area contributed by atoms with Gasteiger partial charge in [-0.1, -0.05) is 38.5 Å². The number of hydrogen-bond acceptors (Lipinski definition) is 4. The zero-order chi connectivity index (χ0) is 15.7. The van der Waals surface area contributed by atoms with E-state index in [9.17, 15) is 18.3 Å². The number of carbonyl (C=O) groups is 1. The van der Waals surface area contributed by atoms with E-state index in [0.717, 1.165) is 53.2 Å². The molecule has 22 heavy (non-hydrogen) atoms. The lowest BCUT2D eigenvalue weighted by Crippen LogP contribution is -2.58. The summed E-state index contributed by atoms with van der Waals surface area (Å²) in [5.74, 6) is -1.33. The highest BCUT2D eigenvalue weighted by Gasteiger charge is 2.43. The molecule has 0 aromatic rings. The van der Waals surface area contributed by atoms with Gasteiger partial charge in [0.1, 0.15) is 0 Å². The zero-order valence-corrected chi connectivity index (χ0v) is 13.6. The average molecular weight is 327 g/mol. The van der Waals surface area contributed by atoms with Crippen LogP contribution in [0.1, 0.15) is 64.2 Å². The molecule has 1 aliphatic heterocycles. The van der Waals surface area contributed by atoms with Crippen molar-refractivity contribution in [3.05, 3.63) is 12.0 Å². The predicted octanol–water partition coefficient (Wildman–Crippen LogP) is 1.24. The Hall–Kier alpha value is -1.24. The Labute approximate surface area is 132 Å². The second kappa shape index (κ2) is 6.10. The van der Waals surface area contributed by atoms with E-state index in [2.05, 4.69) is 0 Å². The van der Waals surface area contributed by atoms with Gasteiger partial charge in [0.25, 0.3) is 5.91 Å². The first-order valence-corrected chi connectivity index (χ1v) is 9.68. The van der Waals surface area contributed by atoms with Crippen LogP contribution in [0.5, 0.6) is 0 Å². The van der Waals surface area contributed by atoms with E-state index in [0.29, 0.717) is 25.7 Å². The lowest BCUT2D eigenvalue weighted by Gasteiger charge is -2.46. The van der Waals surface area contributed by atoms with Crippen molar-refractivity contribution < 1.29 is 18.3 Å². The summed E-state index contributed by atoms with van der Waals surface area (Å²) in [5, 5.41) is 12.2. The first-order chi connectivity index (χ1) is 10.5. The number of hydrogen-bond donors (Lipinski definition) is 0. The predicted molar refractivity (Wildman–Crippen MR) is 79.4 cm³/mol. The highest BCUT2D eigenvalue weighted by Crippen LogP contribution is 2.34. The molecule has 0 atom stereocenters. The van der Waals surface area contributed by atoms with E-state index < -0.39 is 22.0 Å². The molecule has 0 N–H and O–H groups in total. The molecule has 0 unspecified atom stereocenters. The molecule has 7 heteroatoms. The van der Waals surface area contributed by atoms with Crippen molar-refractivity contribution in [2.45, 2.75) is 76.3 Å². The standard InChI is InChI=1S/C15H24N2O4S/c18-14-11-15(19)17(13-9-5-2-6-10-13)22(20,21)16(14)12-7-3-1-4-8-12/h11-13,18H,1-10H2/p-1. The number of carbonyl (C=O) groups excluding carboxylic acids is 1. The Kier molecular flexibility index (Phi) is 4.34. The smallest absolute Gasteiger partial charge is 0.328 e. The first-order valence-electron chi connectivity index (χ1n) is 8.28. The molecule has 2 fully saturated rings. The third kappa shape index (κ3) is 2.71. The minimum Gasteiger partial charge on any atom is -0.859 e. The quantitative estimate of drug-likeness (QED) is 0.764. The Bertz CT molecular complexity index is 560. The zero-order valence-electron chi connectivity index (χ0n) is 12.7. The van der Waals surface area contributed by atoms with Crippen molar-refractivity contribution in [1.29, 1.82) is 0 Å². The maximum atomic E-state index is 12.9. The largest absolute Gasteiger partial charge is 0.859 e. The Morgan fingerprint density at radius 2 is 1.32 bits per heavy atom. The SMILES string of the molecule is O=C1C=C([O-])N(C2CCCCC2)S(=O)(=O)N1C1CCCCC1. The second-order valence-electron chi connectivity index (χ2n) is 6.50. The van der Waals surface area contributed by atoms with Gasteiger partial charge in [0.15, 0.2) is 0 Å². The fourth-order valence-electron chi connectivity index (χ4n) is 3.92. The van der Waals surface area contributed by atoms with Gasteiger partial charge in [0, 0.05) is 18.2 Å². The summed E-state index contributed by atoms with van der Waals surface area (Å²) in [5.41, 5.74) is 0. The van der Waals surface area contributed by atoms with Gasteiger partial charge >= 0.3 is 10.2 Å². The van der Waals surface area contributed by atoms with Gasteiger partial charge in [-0.05, 0) is 31.6 Å². The van der Waals surface area contributed by atoms with Crippen molar-refractivity contribution in [3.63, 3.8) is 0 Å². The van der Waals surface area contributed by atoms with Crippen LogP contribution in [0.4, 0.5) is 0 Å².